The van der Waals surface area contributed by atoms with Gasteiger partial charge in [-0.25, -0.2) is 0 Å². The average Bonchev–Trinajstić information content (AvgIpc) is 2.88. The van der Waals surface area contributed by atoms with E-state index in [1.165, 1.54) is 6.42 Å². The fraction of sp³-hybridized carbons (Fsp3) is 0.259. The van der Waals surface area contributed by atoms with E-state index in [-0.39, 0.29) is 11.8 Å². The average molecular weight is 462 g/mol. The molecule has 1 aliphatic rings. The summed E-state index contributed by atoms with van der Waals surface area (Å²) in [4.78, 5) is 28.2. The number of piperidine rings is 1. The lowest BCUT2D eigenvalue weighted by Gasteiger charge is -2.30. The molecule has 5 nitrogen and oxygen atoms in total. The maximum Gasteiger partial charge on any atom is 0.253 e. The summed E-state index contributed by atoms with van der Waals surface area (Å²) in [7, 11) is 0. The first-order chi connectivity index (χ1) is 16.1. The number of nitrogens with zero attached hydrogens (tertiary/aromatic N) is 1. The van der Waals surface area contributed by atoms with E-state index in [1.54, 1.807) is 6.07 Å². The van der Waals surface area contributed by atoms with Crippen molar-refractivity contribution in [1.29, 1.82) is 0 Å². The zero-order chi connectivity index (χ0) is 23.0. The van der Waals surface area contributed by atoms with Gasteiger partial charge in [0.05, 0.1) is 5.56 Å². The summed E-state index contributed by atoms with van der Waals surface area (Å²) >= 11 is 6.38. The van der Waals surface area contributed by atoms with Crippen LogP contribution in [0.25, 0.3) is 0 Å². The second-order valence-corrected chi connectivity index (χ2v) is 8.65. The molecular formula is C27H28ClN3O2. The van der Waals surface area contributed by atoms with Crippen LogP contribution >= 0.6 is 11.6 Å². The Morgan fingerprint density at radius 3 is 2.24 bits per heavy atom. The van der Waals surface area contributed by atoms with E-state index in [0.29, 0.717) is 17.8 Å². The van der Waals surface area contributed by atoms with Crippen LogP contribution in [0, 0.1) is 0 Å². The van der Waals surface area contributed by atoms with Crippen molar-refractivity contribution in [2.24, 2.45) is 0 Å². The number of amides is 2. The SMILES string of the molecule is O=C(NCc1ccccc1)c1cc(NC(=O)C(Cl)c2ccccc2)ccc1N1CCCCC1. The Bertz CT molecular complexity index is 1080. The van der Waals surface area contributed by atoms with E-state index in [4.69, 9.17) is 11.6 Å². The van der Waals surface area contributed by atoms with Crippen LogP contribution in [-0.4, -0.2) is 24.9 Å². The number of rotatable bonds is 7. The first-order valence-electron chi connectivity index (χ1n) is 11.3. The molecule has 0 saturated carbocycles. The lowest BCUT2D eigenvalue weighted by Crippen LogP contribution is -2.32. The zero-order valence-corrected chi connectivity index (χ0v) is 19.2. The molecule has 1 heterocycles. The van der Waals surface area contributed by atoms with Crippen molar-refractivity contribution in [3.8, 4) is 0 Å². The summed E-state index contributed by atoms with van der Waals surface area (Å²) < 4.78 is 0. The minimum absolute atomic E-state index is 0.166. The van der Waals surface area contributed by atoms with Crippen LogP contribution in [0.15, 0.2) is 78.9 Å². The maximum atomic E-state index is 13.2. The molecule has 0 aromatic heterocycles. The molecule has 6 heteroatoms. The predicted molar refractivity (Wildman–Crippen MR) is 134 cm³/mol. The fourth-order valence-corrected chi connectivity index (χ4v) is 4.26. The number of halogens is 1. The van der Waals surface area contributed by atoms with Crippen LogP contribution in [0.2, 0.25) is 0 Å². The number of hydrogen-bond donors (Lipinski definition) is 2. The van der Waals surface area contributed by atoms with Crippen LogP contribution in [0.1, 0.15) is 46.1 Å². The molecule has 4 rings (SSSR count). The van der Waals surface area contributed by atoms with E-state index >= 15 is 0 Å². The van der Waals surface area contributed by atoms with Gasteiger partial charge in [0.2, 0.25) is 5.91 Å². The van der Waals surface area contributed by atoms with Crippen molar-refractivity contribution < 1.29 is 9.59 Å². The molecule has 170 valence electrons. The van der Waals surface area contributed by atoms with Gasteiger partial charge < -0.3 is 15.5 Å². The summed E-state index contributed by atoms with van der Waals surface area (Å²) in [5, 5.41) is 5.07. The van der Waals surface area contributed by atoms with Crippen molar-refractivity contribution in [1.82, 2.24) is 5.32 Å². The lowest BCUT2D eigenvalue weighted by atomic mass is 10.1. The fourth-order valence-electron chi connectivity index (χ4n) is 4.06. The number of anilines is 2. The highest BCUT2D eigenvalue weighted by Crippen LogP contribution is 2.29. The van der Waals surface area contributed by atoms with Crippen LogP contribution in [-0.2, 0) is 11.3 Å². The molecule has 2 N–H and O–H groups in total. The lowest BCUT2D eigenvalue weighted by molar-refractivity contribution is -0.116. The van der Waals surface area contributed by atoms with E-state index in [9.17, 15) is 9.59 Å². The minimum Gasteiger partial charge on any atom is -0.371 e. The Balaban J connectivity index is 1.54. The summed E-state index contributed by atoms with van der Waals surface area (Å²) in [6, 6.07) is 24.5. The molecule has 0 aliphatic carbocycles. The topological polar surface area (TPSA) is 61.4 Å². The highest BCUT2D eigenvalue weighted by molar-refractivity contribution is 6.32. The number of nitrogens with one attached hydrogen (secondary N) is 2. The minimum atomic E-state index is -0.816. The molecule has 1 saturated heterocycles. The quantitative estimate of drug-likeness (QED) is 0.455. The molecule has 3 aromatic carbocycles. The monoisotopic (exact) mass is 461 g/mol. The Labute approximate surface area is 199 Å². The molecule has 1 atom stereocenters. The first kappa shape index (κ1) is 22.9. The van der Waals surface area contributed by atoms with E-state index in [1.807, 2.05) is 72.8 Å². The largest absolute Gasteiger partial charge is 0.371 e. The van der Waals surface area contributed by atoms with Crippen molar-refractivity contribution in [3.63, 3.8) is 0 Å². The Morgan fingerprint density at radius 2 is 1.55 bits per heavy atom. The van der Waals surface area contributed by atoms with Crippen LogP contribution < -0.4 is 15.5 Å². The molecule has 0 bridgehead atoms. The van der Waals surface area contributed by atoms with E-state index in [2.05, 4.69) is 15.5 Å². The molecule has 1 fully saturated rings. The van der Waals surface area contributed by atoms with Gasteiger partial charge in [-0.1, -0.05) is 60.7 Å². The van der Waals surface area contributed by atoms with Gasteiger partial charge in [-0.05, 0) is 48.6 Å². The zero-order valence-electron chi connectivity index (χ0n) is 18.5. The third-order valence-electron chi connectivity index (χ3n) is 5.82. The number of carbonyl (C=O) groups is 2. The van der Waals surface area contributed by atoms with Gasteiger partial charge in [-0.3, -0.25) is 9.59 Å². The highest BCUT2D eigenvalue weighted by Gasteiger charge is 2.21. The van der Waals surface area contributed by atoms with Gasteiger partial charge in [0.25, 0.3) is 5.91 Å². The van der Waals surface area contributed by atoms with Gasteiger partial charge in [-0.2, -0.15) is 0 Å². The van der Waals surface area contributed by atoms with Gasteiger partial charge in [-0.15, -0.1) is 11.6 Å². The molecular weight excluding hydrogens is 434 g/mol. The summed E-state index contributed by atoms with van der Waals surface area (Å²) in [6.45, 7) is 2.28. The maximum absolute atomic E-state index is 13.2. The van der Waals surface area contributed by atoms with Gasteiger partial charge in [0, 0.05) is 31.0 Å². The highest BCUT2D eigenvalue weighted by atomic mass is 35.5. The molecule has 0 spiro atoms. The molecule has 0 radical (unpaired) electrons. The van der Waals surface area contributed by atoms with Crippen LogP contribution in [0.3, 0.4) is 0 Å². The normalized spacial score (nSPS) is 14.4. The molecule has 2 amide bonds. The second kappa shape index (κ2) is 11.0. The Hall–Kier alpha value is -3.31. The van der Waals surface area contributed by atoms with Gasteiger partial charge >= 0.3 is 0 Å². The standard InChI is InChI=1S/C27H28ClN3O2/c28-25(21-12-6-2-7-13-21)27(33)30-22-14-15-24(31-16-8-3-9-17-31)23(18-22)26(32)29-19-20-10-4-1-5-11-20/h1-2,4-7,10-15,18,25H,3,8-9,16-17,19H2,(H,29,32)(H,30,33). The predicted octanol–water partition coefficient (Wildman–Crippen LogP) is 5.53. The molecule has 1 unspecified atom stereocenters. The first-order valence-corrected chi connectivity index (χ1v) is 11.8. The summed E-state index contributed by atoms with van der Waals surface area (Å²) in [6.07, 6.45) is 3.42. The number of alkyl halides is 1. The third kappa shape index (κ3) is 5.93. The van der Waals surface area contributed by atoms with E-state index in [0.717, 1.165) is 42.7 Å². The van der Waals surface area contributed by atoms with Crippen molar-refractivity contribution in [2.45, 2.75) is 31.2 Å². The second-order valence-electron chi connectivity index (χ2n) is 8.21. The molecule has 1 aliphatic heterocycles. The third-order valence-corrected chi connectivity index (χ3v) is 6.27. The number of hydrogen-bond acceptors (Lipinski definition) is 3. The van der Waals surface area contributed by atoms with Crippen molar-refractivity contribution in [3.05, 3.63) is 95.6 Å². The van der Waals surface area contributed by atoms with Gasteiger partial charge in [0.1, 0.15) is 5.38 Å². The number of benzene rings is 3. The smallest absolute Gasteiger partial charge is 0.253 e. The van der Waals surface area contributed by atoms with Gasteiger partial charge in [0.15, 0.2) is 0 Å². The van der Waals surface area contributed by atoms with Crippen LogP contribution in [0.5, 0.6) is 0 Å². The number of carbonyl (C=O) groups excluding carboxylic acids is 2. The summed E-state index contributed by atoms with van der Waals surface area (Å²) in [5.41, 5.74) is 3.75. The summed E-state index contributed by atoms with van der Waals surface area (Å²) in [5.74, 6) is -0.495. The van der Waals surface area contributed by atoms with Crippen LogP contribution in [0.4, 0.5) is 11.4 Å². The molecule has 3 aromatic rings. The Morgan fingerprint density at radius 1 is 0.879 bits per heavy atom. The van der Waals surface area contributed by atoms with E-state index < -0.39 is 5.38 Å². The Kier molecular flexibility index (Phi) is 7.63. The van der Waals surface area contributed by atoms with Crippen molar-refractivity contribution >= 4 is 34.8 Å². The van der Waals surface area contributed by atoms with Crippen molar-refractivity contribution in [2.75, 3.05) is 23.3 Å². The molecule has 33 heavy (non-hydrogen) atoms.